The highest BCUT2D eigenvalue weighted by Gasteiger charge is 2.18. The number of amides is 1. The van der Waals surface area contributed by atoms with Gasteiger partial charge in [0.05, 0.1) is 13.2 Å². The monoisotopic (exact) mass is 251 g/mol. The van der Waals surface area contributed by atoms with Gasteiger partial charge in [-0.3, -0.25) is 4.79 Å². The minimum atomic E-state index is -0.0178. The lowest BCUT2D eigenvalue weighted by molar-refractivity contribution is -0.130. The smallest absolute Gasteiger partial charge is 0.288 e. The number of rotatable bonds is 3. The normalized spacial score (nSPS) is 15.1. The molecule has 0 aliphatic carbocycles. The predicted molar refractivity (Wildman–Crippen MR) is 68.8 cm³/mol. The first kappa shape index (κ1) is 12.2. The number of ether oxygens (including phenoxy) is 1. The molecule has 2 rings (SSSR count). The van der Waals surface area contributed by atoms with Crippen LogP contribution in [0.1, 0.15) is 22.6 Å². The van der Waals surface area contributed by atoms with E-state index in [1.165, 1.54) is 9.75 Å². The summed E-state index contributed by atoms with van der Waals surface area (Å²) in [4.78, 5) is 16.2. The van der Waals surface area contributed by atoms with Crippen LogP contribution in [0.4, 0.5) is 0 Å². The fraction of sp³-hybridized carbons (Fsp3) is 0.462. The zero-order valence-electron chi connectivity index (χ0n) is 10.2. The lowest BCUT2D eigenvalue weighted by atomic mass is 10.2. The summed E-state index contributed by atoms with van der Waals surface area (Å²) in [5.74, 6) is 0.489. The molecule has 2 heterocycles. The van der Waals surface area contributed by atoms with Crippen molar-refractivity contribution in [2.45, 2.75) is 26.3 Å². The standard InChI is InChI=1S/C13H17NO2S/c1-10-6-7-11(17-10)9-14(2)13(15)12-5-3-4-8-16-12/h5-7H,3-4,8-9H2,1-2H3. The number of allylic oxidation sites excluding steroid dienone is 1. The molecule has 1 aromatic heterocycles. The second kappa shape index (κ2) is 5.36. The van der Waals surface area contributed by atoms with Crippen molar-refractivity contribution in [2.24, 2.45) is 0 Å². The summed E-state index contributed by atoms with van der Waals surface area (Å²) in [5.41, 5.74) is 0. The number of carbonyl (C=O) groups excluding carboxylic acids is 1. The van der Waals surface area contributed by atoms with Crippen LogP contribution in [0.5, 0.6) is 0 Å². The molecule has 92 valence electrons. The highest BCUT2D eigenvalue weighted by atomic mass is 32.1. The third-order valence-corrected chi connectivity index (χ3v) is 3.67. The Morgan fingerprint density at radius 2 is 2.35 bits per heavy atom. The Kier molecular flexibility index (Phi) is 3.84. The fourth-order valence-corrected chi connectivity index (χ4v) is 2.71. The van der Waals surface area contributed by atoms with Gasteiger partial charge in [-0.2, -0.15) is 0 Å². The van der Waals surface area contributed by atoms with Crippen molar-refractivity contribution in [3.05, 3.63) is 33.7 Å². The summed E-state index contributed by atoms with van der Waals surface area (Å²) in [5, 5.41) is 0. The Morgan fingerprint density at radius 3 is 2.94 bits per heavy atom. The van der Waals surface area contributed by atoms with E-state index in [0.717, 1.165) is 12.8 Å². The summed E-state index contributed by atoms with van der Waals surface area (Å²) in [7, 11) is 1.82. The minimum absolute atomic E-state index is 0.0178. The maximum absolute atomic E-state index is 12.0. The molecule has 0 atom stereocenters. The molecule has 1 amide bonds. The lowest BCUT2D eigenvalue weighted by Gasteiger charge is -2.20. The van der Waals surface area contributed by atoms with Gasteiger partial charge in [0, 0.05) is 16.8 Å². The Bertz CT molecular complexity index is 436. The van der Waals surface area contributed by atoms with Gasteiger partial charge < -0.3 is 9.64 Å². The van der Waals surface area contributed by atoms with E-state index in [2.05, 4.69) is 19.1 Å². The molecule has 1 aromatic rings. The van der Waals surface area contributed by atoms with Gasteiger partial charge >= 0.3 is 0 Å². The van der Waals surface area contributed by atoms with Crippen LogP contribution in [0.3, 0.4) is 0 Å². The van der Waals surface area contributed by atoms with Gasteiger partial charge in [-0.05, 0) is 38.0 Å². The van der Waals surface area contributed by atoms with E-state index >= 15 is 0 Å². The number of likely N-dealkylation sites (N-methyl/N-ethyl adjacent to an activating group) is 1. The zero-order chi connectivity index (χ0) is 12.3. The number of thiophene rings is 1. The van der Waals surface area contributed by atoms with Gasteiger partial charge in [-0.25, -0.2) is 0 Å². The largest absolute Gasteiger partial charge is 0.488 e. The number of nitrogens with zero attached hydrogens (tertiary/aromatic N) is 1. The lowest BCUT2D eigenvalue weighted by Crippen LogP contribution is -2.29. The van der Waals surface area contributed by atoms with Crippen molar-refractivity contribution >= 4 is 17.2 Å². The quantitative estimate of drug-likeness (QED) is 0.826. The molecule has 0 radical (unpaired) electrons. The zero-order valence-corrected chi connectivity index (χ0v) is 11.0. The molecular weight excluding hydrogens is 234 g/mol. The second-order valence-electron chi connectivity index (χ2n) is 4.23. The first-order valence-corrected chi connectivity index (χ1v) is 6.62. The van der Waals surface area contributed by atoms with E-state index in [-0.39, 0.29) is 5.91 Å². The van der Waals surface area contributed by atoms with E-state index in [1.54, 1.807) is 16.2 Å². The predicted octanol–water partition coefficient (Wildman–Crippen LogP) is 2.71. The molecule has 4 heteroatoms. The Balaban J connectivity index is 1.97. The summed E-state index contributed by atoms with van der Waals surface area (Å²) in [6.07, 6.45) is 3.83. The molecule has 17 heavy (non-hydrogen) atoms. The van der Waals surface area contributed by atoms with Gasteiger partial charge in [0.25, 0.3) is 5.91 Å². The molecule has 0 spiro atoms. The number of hydrogen-bond acceptors (Lipinski definition) is 3. The molecule has 1 aliphatic rings. The third-order valence-electron chi connectivity index (χ3n) is 2.68. The SMILES string of the molecule is Cc1ccc(CN(C)C(=O)C2=CCCCO2)s1. The van der Waals surface area contributed by atoms with Crippen LogP contribution in [0, 0.1) is 6.92 Å². The van der Waals surface area contributed by atoms with Crippen LogP contribution < -0.4 is 0 Å². The Hall–Kier alpha value is -1.29. The molecule has 0 unspecified atom stereocenters. The Labute approximate surface area is 106 Å². The fourth-order valence-electron chi connectivity index (χ4n) is 1.77. The van der Waals surface area contributed by atoms with E-state index < -0.39 is 0 Å². The molecule has 3 nitrogen and oxygen atoms in total. The first-order valence-electron chi connectivity index (χ1n) is 5.80. The number of hydrogen-bond donors (Lipinski definition) is 0. The molecular formula is C13H17NO2S. The molecule has 0 N–H and O–H groups in total. The molecule has 1 aliphatic heterocycles. The van der Waals surface area contributed by atoms with E-state index in [4.69, 9.17) is 4.74 Å². The van der Waals surface area contributed by atoms with Gasteiger partial charge in [0.1, 0.15) is 0 Å². The summed E-state index contributed by atoms with van der Waals surface area (Å²) >= 11 is 1.73. The summed E-state index contributed by atoms with van der Waals surface area (Å²) in [6, 6.07) is 4.15. The van der Waals surface area contributed by atoms with Crippen LogP contribution in [-0.2, 0) is 16.1 Å². The number of aryl methyl sites for hydroxylation is 1. The van der Waals surface area contributed by atoms with Crippen LogP contribution in [0.2, 0.25) is 0 Å². The molecule has 0 fully saturated rings. The maximum atomic E-state index is 12.0. The van der Waals surface area contributed by atoms with Crippen LogP contribution in [0.15, 0.2) is 24.0 Å². The first-order chi connectivity index (χ1) is 8.16. The van der Waals surface area contributed by atoms with Crippen LogP contribution >= 0.6 is 11.3 Å². The minimum Gasteiger partial charge on any atom is -0.488 e. The van der Waals surface area contributed by atoms with E-state index in [1.807, 2.05) is 13.1 Å². The van der Waals surface area contributed by atoms with Crippen molar-refractivity contribution in [2.75, 3.05) is 13.7 Å². The van der Waals surface area contributed by atoms with Crippen molar-refractivity contribution < 1.29 is 9.53 Å². The highest BCUT2D eigenvalue weighted by Crippen LogP contribution is 2.18. The van der Waals surface area contributed by atoms with Gasteiger partial charge in [-0.1, -0.05) is 0 Å². The average Bonchev–Trinajstić information content (AvgIpc) is 2.75. The summed E-state index contributed by atoms with van der Waals surface area (Å²) in [6.45, 7) is 3.38. The van der Waals surface area contributed by atoms with E-state index in [0.29, 0.717) is 18.9 Å². The third kappa shape index (κ3) is 3.09. The summed E-state index contributed by atoms with van der Waals surface area (Å²) < 4.78 is 5.38. The van der Waals surface area contributed by atoms with Gasteiger partial charge in [0.15, 0.2) is 5.76 Å². The highest BCUT2D eigenvalue weighted by molar-refractivity contribution is 7.11. The molecule has 0 aromatic carbocycles. The number of carbonyl (C=O) groups is 1. The second-order valence-corrected chi connectivity index (χ2v) is 5.61. The van der Waals surface area contributed by atoms with Gasteiger partial charge in [-0.15, -0.1) is 11.3 Å². The molecule has 0 bridgehead atoms. The van der Waals surface area contributed by atoms with Crippen molar-refractivity contribution in [3.63, 3.8) is 0 Å². The Morgan fingerprint density at radius 1 is 1.53 bits per heavy atom. The maximum Gasteiger partial charge on any atom is 0.288 e. The van der Waals surface area contributed by atoms with Crippen molar-refractivity contribution in [1.29, 1.82) is 0 Å². The average molecular weight is 251 g/mol. The van der Waals surface area contributed by atoms with Crippen LogP contribution in [0.25, 0.3) is 0 Å². The van der Waals surface area contributed by atoms with Crippen molar-refractivity contribution in [1.82, 2.24) is 4.90 Å². The van der Waals surface area contributed by atoms with E-state index in [9.17, 15) is 4.79 Å². The van der Waals surface area contributed by atoms with Gasteiger partial charge in [0.2, 0.25) is 0 Å². The molecule has 0 saturated heterocycles. The molecule has 0 saturated carbocycles. The van der Waals surface area contributed by atoms with Crippen molar-refractivity contribution in [3.8, 4) is 0 Å². The topological polar surface area (TPSA) is 29.5 Å². The van der Waals surface area contributed by atoms with Crippen LogP contribution in [-0.4, -0.2) is 24.5 Å².